The van der Waals surface area contributed by atoms with Gasteiger partial charge in [0.1, 0.15) is 5.69 Å². The summed E-state index contributed by atoms with van der Waals surface area (Å²) in [6.45, 7) is 1.43. The van der Waals surface area contributed by atoms with Gasteiger partial charge in [0.05, 0.1) is 45.9 Å². The third kappa shape index (κ3) is 29.2. The van der Waals surface area contributed by atoms with Crippen LogP contribution in [-0.2, 0) is 19.5 Å². The molecule has 0 aliphatic carbocycles. The zero-order valence-electron chi connectivity index (χ0n) is 29.8. The van der Waals surface area contributed by atoms with E-state index in [1.165, 1.54) is 6.92 Å². The van der Waals surface area contributed by atoms with Gasteiger partial charge in [-0.2, -0.15) is 10.4 Å². The maximum atomic E-state index is 9.87. The van der Waals surface area contributed by atoms with E-state index in [1.807, 2.05) is 115 Å². The number of nitrogens with one attached hydrogen (secondary N) is 1. The van der Waals surface area contributed by atoms with E-state index in [1.54, 1.807) is 43.3 Å². The third-order valence-electron chi connectivity index (χ3n) is 5.62. The van der Waals surface area contributed by atoms with Crippen molar-refractivity contribution < 1.29 is 69.8 Å². The van der Waals surface area contributed by atoms with Crippen molar-refractivity contribution in [3.8, 4) is 51.6 Å². The first-order valence-electron chi connectivity index (χ1n) is 15.6. The maximum absolute atomic E-state index is 10.7. The molecule has 0 saturated heterocycles. The molecule has 0 bridgehead atoms. The fourth-order valence-corrected chi connectivity index (χ4v) is 3.68. The average molecular weight is 967 g/mol. The summed E-state index contributed by atoms with van der Waals surface area (Å²) in [5.41, 5.74) is 6.91. The quantitative estimate of drug-likeness (QED) is 0.105. The van der Waals surface area contributed by atoms with Crippen LogP contribution in [0.3, 0.4) is 0 Å². The van der Waals surface area contributed by atoms with Crippen LogP contribution in [0.15, 0.2) is 152 Å². The van der Waals surface area contributed by atoms with E-state index >= 15 is 0 Å². The van der Waals surface area contributed by atoms with Gasteiger partial charge in [-0.3, -0.25) is 30.0 Å². The molecule has 59 heavy (non-hydrogen) atoms. The maximum Gasteiger partial charge on any atom is 2.00 e. The monoisotopic (exact) mass is 967 g/mol. The second kappa shape index (κ2) is 20.3. The Hall–Kier alpha value is -5.76. The Kier molecular flexibility index (Phi) is 17.6. The summed E-state index contributed by atoms with van der Waals surface area (Å²) in [6.07, 6.45) is 10.6. The van der Waals surface area contributed by atoms with E-state index in [9.17, 15) is 50.4 Å². The zero-order valence-corrected chi connectivity index (χ0v) is 33.3. The van der Waals surface area contributed by atoms with E-state index in [0.717, 1.165) is 45.6 Å². The molecule has 0 aromatic carbocycles. The molecule has 0 amide bonds. The van der Waals surface area contributed by atoms with Crippen molar-refractivity contribution in [2.75, 3.05) is 0 Å². The summed E-state index contributed by atoms with van der Waals surface area (Å²) in [7, 11) is -21.3. The number of hydrogen-bond acceptors (Lipinski definition) is 8. The second-order valence-corrected chi connectivity index (χ2v) is 14.4. The molecule has 7 aromatic heterocycles. The number of halogens is 12. The average Bonchev–Trinajstić information content (AvgIpc) is 3.66. The Bertz CT molecular complexity index is 2110. The molecule has 1 N–H and O–H groups in total. The van der Waals surface area contributed by atoms with Gasteiger partial charge in [0.15, 0.2) is 0 Å². The number of rotatable bonds is 4. The smallest absolute Gasteiger partial charge is 0.276 e. The van der Waals surface area contributed by atoms with Crippen molar-refractivity contribution in [1.82, 2.24) is 40.1 Å². The summed E-state index contributed by atoms with van der Waals surface area (Å²) in [4.78, 5) is 25.5. The number of aromatic nitrogens is 8. The standard InChI is InChI=1S/C15H11N3.C13H10N4.C5H5N.C2H3N.2F6P.Ru/c1-3-10-16-12(6-1)14-8-5-9-15(18-14)13-7-2-4-11-17-13;1-3-7-14-10(5-1)12-9-13(17-16-12)11-6-2-4-8-15-11;1-2-4-6-5-3-1;1-2-3;2*1-7(2,3,4,5)6;/h1-11H;1-9H,(H,16,17);1-5H;1H3;;;/q;;;;2*-1;+2. The van der Waals surface area contributed by atoms with Crippen molar-refractivity contribution in [3.05, 3.63) is 152 Å². The zero-order chi connectivity index (χ0) is 43.5. The largest absolute Gasteiger partial charge is 2.00 e. The molecular weight excluding hydrogens is 937 g/mol. The Morgan fingerprint density at radius 2 is 0.746 bits per heavy atom. The van der Waals surface area contributed by atoms with Crippen molar-refractivity contribution in [2.45, 2.75) is 6.92 Å². The van der Waals surface area contributed by atoms with Crippen molar-refractivity contribution >= 4 is 15.6 Å². The summed E-state index contributed by atoms with van der Waals surface area (Å²) < 4.78 is 118. The van der Waals surface area contributed by atoms with Crippen LogP contribution >= 0.6 is 15.6 Å². The third-order valence-corrected chi connectivity index (χ3v) is 5.62. The predicted molar refractivity (Wildman–Crippen MR) is 198 cm³/mol. The summed E-state index contributed by atoms with van der Waals surface area (Å²) in [5, 5.41) is 14.5. The Morgan fingerprint density at radius 3 is 1.03 bits per heavy atom. The molecule has 0 saturated carbocycles. The first-order valence-corrected chi connectivity index (χ1v) is 19.7. The molecule has 316 valence electrons. The van der Waals surface area contributed by atoms with Crippen LogP contribution in [0.4, 0.5) is 50.4 Å². The van der Waals surface area contributed by atoms with Crippen LogP contribution in [0.5, 0.6) is 0 Å². The molecule has 0 unspecified atom stereocenters. The minimum Gasteiger partial charge on any atom is -0.276 e. The molecule has 0 aliphatic heterocycles. The van der Waals surface area contributed by atoms with Crippen LogP contribution in [-0.4, -0.2) is 40.1 Å². The number of pyridine rings is 6. The van der Waals surface area contributed by atoms with E-state index in [-0.39, 0.29) is 19.5 Å². The van der Waals surface area contributed by atoms with Crippen LogP contribution < -0.4 is 0 Å². The van der Waals surface area contributed by atoms with Gasteiger partial charge >= 0.3 is 85.5 Å². The number of aromatic amines is 1. The van der Waals surface area contributed by atoms with Gasteiger partial charge in [-0.1, -0.05) is 36.4 Å². The van der Waals surface area contributed by atoms with Gasteiger partial charge in [0.2, 0.25) is 0 Å². The topological polar surface area (TPSA) is 130 Å². The molecule has 24 heteroatoms. The predicted octanol–water partition coefficient (Wildman–Crippen LogP) is 14.1. The van der Waals surface area contributed by atoms with Crippen molar-refractivity contribution in [3.63, 3.8) is 0 Å². The van der Waals surface area contributed by atoms with Crippen LogP contribution in [0.2, 0.25) is 0 Å². The SMILES string of the molecule is CC#N.F[P-](F)(F)(F)(F)F.F[P-](F)(F)(F)(F)F.[Ru+2].c1ccc(-c2cc(-c3ccccn3)[nH]n2)nc1.c1ccc(-c2cccc(-c3ccccn3)n2)nc1.c1ccncc1. The van der Waals surface area contributed by atoms with E-state index in [0.29, 0.717) is 0 Å². The number of nitrogens with zero attached hydrogens (tertiary/aromatic N) is 8. The van der Waals surface area contributed by atoms with Gasteiger partial charge in [0.25, 0.3) is 0 Å². The van der Waals surface area contributed by atoms with Gasteiger partial charge in [0, 0.05) is 44.1 Å². The molecule has 9 nitrogen and oxygen atoms in total. The van der Waals surface area contributed by atoms with Crippen LogP contribution in [0, 0.1) is 11.3 Å². The first-order chi connectivity index (χ1) is 26.7. The summed E-state index contributed by atoms with van der Waals surface area (Å²) in [6, 6.07) is 38.4. The van der Waals surface area contributed by atoms with Gasteiger partial charge < -0.3 is 0 Å². The summed E-state index contributed by atoms with van der Waals surface area (Å²) in [5.74, 6) is 0. The van der Waals surface area contributed by atoms with Gasteiger partial charge in [-0.25, -0.2) is 4.98 Å². The molecule has 0 atom stereocenters. The van der Waals surface area contributed by atoms with Crippen LogP contribution in [0.1, 0.15) is 6.92 Å². The number of hydrogen-bond donors (Lipinski definition) is 1. The molecule has 0 fully saturated rings. The molecule has 0 radical (unpaired) electrons. The fraction of sp³-hybridized carbons (Fsp3) is 0.0286. The normalized spacial score (nSPS) is 12.5. The summed E-state index contributed by atoms with van der Waals surface area (Å²) >= 11 is 0. The molecule has 7 rings (SSSR count). The second-order valence-electron chi connectivity index (χ2n) is 10.6. The Balaban J connectivity index is 0.000000389. The molecule has 7 aromatic rings. The van der Waals surface area contributed by atoms with Gasteiger partial charge in [-0.15, -0.1) is 0 Å². The first kappa shape index (κ1) is 51.3. The van der Waals surface area contributed by atoms with E-state index < -0.39 is 15.6 Å². The van der Waals surface area contributed by atoms with Crippen molar-refractivity contribution in [1.29, 1.82) is 5.26 Å². The Morgan fingerprint density at radius 1 is 0.441 bits per heavy atom. The fourth-order valence-electron chi connectivity index (χ4n) is 3.68. The molecular formula is C35H29F12N9P2Ru. The van der Waals surface area contributed by atoms with E-state index in [2.05, 4.69) is 40.1 Å². The molecule has 0 aliphatic rings. The minimum atomic E-state index is -10.7. The number of nitriles is 1. The molecule has 7 heterocycles. The number of H-pyrrole nitrogens is 1. The molecule has 0 spiro atoms. The van der Waals surface area contributed by atoms with Crippen molar-refractivity contribution in [2.24, 2.45) is 0 Å². The van der Waals surface area contributed by atoms with Crippen LogP contribution in [0.25, 0.3) is 45.6 Å². The van der Waals surface area contributed by atoms with E-state index in [4.69, 9.17) is 5.26 Å². The minimum absolute atomic E-state index is 0. The van der Waals surface area contributed by atoms with Gasteiger partial charge in [-0.05, 0) is 78.9 Å². The Labute approximate surface area is 340 Å².